The lowest BCUT2D eigenvalue weighted by Crippen LogP contribution is -2.41. The Morgan fingerprint density at radius 3 is 1.80 bits per heavy atom. The van der Waals surface area contributed by atoms with Gasteiger partial charge in [-0.2, -0.15) is 0 Å². The predicted molar refractivity (Wildman–Crippen MR) is 99.1 cm³/mol. The number of rotatable bonds is 5. The molecule has 0 unspecified atom stereocenters. The van der Waals surface area contributed by atoms with E-state index in [4.69, 9.17) is 0 Å². The highest BCUT2D eigenvalue weighted by Crippen LogP contribution is 2.11. The summed E-state index contributed by atoms with van der Waals surface area (Å²) in [7, 11) is 0. The summed E-state index contributed by atoms with van der Waals surface area (Å²) < 4.78 is 0.860. The Bertz CT molecular complexity index is 758. The van der Waals surface area contributed by atoms with Crippen LogP contribution in [-0.4, -0.2) is 17.7 Å². The molecule has 2 aromatic rings. The average Bonchev–Trinajstić information content (AvgIpc) is 2.61. The molecule has 0 aliphatic carbocycles. The first-order valence-electron chi connectivity index (χ1n) is 7.75. The van der Waals surface area contributed by atoms with Crippen LogP contribution >= 0.6 is 15.9 Å². The quantitative estimate of drug-likeness (QED) is 0.669. The SMILES string of the molecule is CCCC(=O)Nc1ccc(C(=O)NNC(=O)c2ccc(Br)cc2)cc1. The zero-order chi connectivity index (χ0) is 18.2. The van der Waals surface area contributed by atoms with Crippen molar-refractivity contribution < 1.29 is 14.4 Å². The van der Waals surface area contributed by atoms with Gasteiger partial charge in [0.15, 0.2) is 0 Å². The molecule has 0 aliphatic heterocycles. The van der Waals surface area contributed by atoms with Gasteiger partial charge in [0.05, 0.1) is 0 Å². The minimum atomic E-state index is -0.447. The van der Waals surface area contributed by atoms with Gasteiger partial charge in [-0.05, 0) is 55.0 Å². The number of hydrogen-bond donors (Lipinski definition) is 3. The van der Waals surface area contributed by atoms with E-state index in [0.29, 0.717) is 23.2 Å². The number of amides is 3. The number of hydrazine groups is 1. The van der Waals surface area contributed by atoms with Crippen LogP contribution in [0.15, 0.2) is 53.0 Å². The molecule has 0 fully saturated rings. The van der Waals surface area contributed by atoms with Crippen molar-refractivity contribution in [2.45, 2.75) is 19.8 Å². The lowest BCUT2D eigenvalue weighted by Gasteiger charge is -2.09. The van der Waals surface area contributed by atoms with Gasteiger partial charge in [-0.3, -0.25) is 25.2 Å². The molecule has 0 spiro atoms. The molecule has 0 bridgehead atoms. The van der Waals surface area contributed by atoms with Crippen molar-refractivity contribution in [1.82, 2.24) is 10.9 Å². The monoisotopic (exact) mass is 403 g/mol. The number of benzene rings is 2. The fourth-order valence-electron chi connectivity index (χ4n) is 2.01. The first-order valence-corrected chi connectivity index (χ1v) is 8.55. The molecule has 0 heterocycles. The second-order valence-electron chi connectivity index (χ2n) is 5.29. The highest BCUT2D eigenvalue weighted by atomic mass is 79.9. The van der Waals surface area contributed by atoms with Gasteiger partial charge in [0.25, 0.3) is 11.8 Å². The second-order valence-corrected chi connectivity index (χ2v) is 6.21. The maximum absolute atomic E-state index is 12.0. The van der Waals surface area contributed by atoms with Crippen LogP contribution in [0.2, 0.25) is 0 Å². The molecule has 0 saturated heterocycles. The molecule has 0 saturated carbocycles. The lowest BCUT2D eigenvalue weighted by molar-refractivity contribution is -0.116. The topological polar surface area (TPSA) is 87.3 Å². The molecule has 130 valence electrons. The van der Waals surface area contributed by atoms with Crippen LogP contribution in [0.25, 0.3) is 0 Å². The molecular formula is C18H18BrN3O3. The van der Waals surface area contributed by atoms with Crippen molar-refractivity contribution in [2.24, 2.45) is 0 Å². The van der Waals surface area contributed by atoms with Crippen LogP contribution in [0, 0.1) is 0 Å². The van der Waals surface area contributed by atoms with E-state index in [1.807, 2.05) is 6.92 Å². The van der Waals surface area contributed by atoms with Gasteiger partial charge in [-0.25, -0.2) is 0 Å². The summed E-state index contributed by atoms with van der Waals surface area (Å²) in [6.45, 7) is 1.93. The van der Waals surface area contributed by atoms with Crippen LogP contribution in [0.3, 0.4) is 0 Å². The Labute approximate surface area is 154 Å². The van der Waals surface area contributed by atoms with Crippen LogP contribution in [0.4, 0.5) is 5.69 Å². The number of anilines is 1. The van der Waals surface area contributed by atoms with E-state index in [1.54, 1.807) is 48.5 Å². The summed E-state index contributed by atoms with van der Waals surface area (Å²) in [6.07, 6.45) is 1.22. The van der Waals surface area contributed by atoms with Gasteiger partial charge >= 0.3 is 0 Å². The molecule has 0 atom stereocenters. The Kier molecular flexibility index (Phi) is 6.71. The van der Waals surface area contributed by atoms with Gasteiger partial charge in [-0.1, -0.05) is 22.9 Å². The molecule has 3 N–H and O–H groups in total. The largest absolute Gasteiger partial charge is 0.326 e. The summed E-state index contributed by atoms with van der Waals surface area (Å²) >= 11 is 3.29. The van der Waals surface area contributed by atoms with Crippen molar-refractivity contribution >= 4 is 39.3 Å². The van der Waals surface area contributed by atoms with Crippen LogP contribution in [0.1, 0.15) is 40.5 Å². The van der Waals surface area contributed by atoms with Crippen molar-refractivity contribution in [3.05, 3.63) is 64.1 Å². The molecule has 0 aromatic heterocycles. The fourth-order valence-corrected chi connectivity index (χ4v) is 2.28. The summed E-state index contributed by atoms with van der Waals surface area (Å²) in [5.74, 6) is -0.928. The number of carbonyl (C=O) groups is 3. The molecule has 7 heteroatoms. The zero-order valence-electron chi connectivity index (χ0n) is 13.6. The van der Waals surface area contributed by atoms with Gasteiger partial charge < -0.3 is 5.32 Å². The van der Waals surface area contributed by atoms with Gasteiger partial charge in [0.2, 0.25) is 5.91 Å². The summed E-state index contributed by atoms with van der Waals surface area (Å²) in [4.78, 5) is 35.5. The zero-order valence-corrected chi connectivity index (χ0v) is 15.2. The highest BCUT2D eigenvalue weighted by Gasteiger charge is 2.09. The van der Waals surface area contributed by atoms with E-state index in [-0.39, 0.29) is 5.91 Å². The molecule has 6 nitrogen and oxygen atoms in total. The molecule has 2 aromatic carbocycles. The third kappa shape index (κ3) is 5.72. The molecule has 0 radical (unpaired) electrons. The fraction of sp³-hybridized carbons (Fsp3) is 0.167. The van der Waals surface area contributed by atoms with Gasteiger partial charge in [-0.15, -0.1) is 0 Å². The third-order valence-corrected chi connectivity index (χ3v) is 3.83. The van der Waals surface area contributed by atoms with Crippen LogP contribution in [0.5, 0.6) is 0 Å². The first kappa shape index (κ1) is 18.7. The summed E-state index contributed by atoms with van der Waals surface area (Å²) in [5.41, 5.74) is 6.12. The smallest absolute Gasteiger partial charge is 0.269 e. The Morgan fingerprint density at radius 1 is 0.840 bits per heavy atom. The minimum absolute atomic E-state index is 0.0681. The second kappa shape index (κ2) is 8.98. The van der Waals surface area contributed by atoms with E-state index < -0.39 is 11.8 Å². The van der Waals surface area contributed by atoms with E-state index in [2.05, 4.69) is 32.1 Å². The Morgan fingerprint density at radius 2 is 1.32 bits per heavy atom. The summed E-state index contributed by atoms with van der Waals surface area (Å²) in [5, 5.41) is 2.74. The maximum Gasteiger partial charge on any atom is 0.269 e. The van der Waals surface area contributed by atoms with Crippen molar-refractivity contribution in [3.8, 4) is 0 Å². The van der Waals surface area contributed by atoms with E-state index in [1.165, 1.54) is 0 Å². The minimum Gasteiger partial charge on any atom is -0.326 e. The normalized spacial score (nSPS) is 10.0. The average molecular weight is 404 g/mol. The standard InChI is InChI=1S/C18H18BrN3O3/c1-2-3-16(23)20-15-10-6-13(7-11-15)18(25)22-21-17(24)12-4-8-14(19)9-5-12/h4-11H,2-3H2,1H3,(H,20,23)(H,21,24)(H,22,25). The van der Waals surface area contributed by atoms with Crippen LogP contribution < -0.4 is 16.2 Å². The Hall–Kier alpha value is -2.67. The molecule has 25 heavy (non-hydrogen) atoms. The number of nitrogens with one attached hydrogen (secondary N) is 3. The maximum atomic E-state index is 12.0. The highest BCUT2D eigenvalue weighted by molar-refractivity contribution is 9.10. The van der Waals surface area contributed by atoms with Gasteiger partial charge in [0, 0.05) is 27.7 Å². The molecule has 2 rings (SSSR count). The van der Waals surface area contributed by atoms with Crippen LogP contribution in [-0.2, 0) is 4.79 Å². The number of hydrogen-bond acceptors (Lipinski definition) is 3. The van der Waals surface area contributed by atoms with E-state index in [0.717, 1.165) is 10.9 Å². The molecule has 3 amide bonds. The number of halogens is 1. The third-order valence-electron chi connectivity index (χ3n) is 3.30. The number of carbonyl (C=O) groups excluding carboxylic acids is 3. The van der Waals surface area contributed by atoms with Crippen molar-refractivity contribution in [3.63, 3.8) is 0 Å². The lowest BCUT2D eigenvalue weighted by atomic mass is 10.2. The molecular weight excluding hydrogens is 386 g/mol. The molecule has 0 aliphatic rings. The van der Waals surface area contributed by atoms with Crippen molar-refractivity contribution in [2.75, 3.05) is 5.32 Å². The predicted octanol–water partition coefficient (Wildman–Crippen LogP) is 3.26. The summed E-state index contributed by atoms with van der Waals surface area (Å²) in [6, 6.07) is 13.2. The van der Waals surface area contributed by atoms with E-state index in [9.17, 15) is 14.4 Å². The van der Waals surface area contributed by atoms with Crippen molar-refractivity contribution in [1.29, 1.82) is 0 Å². The van der Waals surface area contributed by atoms with E-state index >= 15 is 0 Å². The first-order chi connectivity index (χ1) is 12.0. The Balaban J connectivity index is 1.89. The van der Waals surface area contributed by atoms with Gasteiger partial charge in [0.1, 0.15) is 0 Å².